The third-order valence-electron chi connectivity index (χ3n) is 6.01. The largest absolute Gasteiger partial charge is 0.489 e. The molecule has 0 bridgehead atoms. The highest BCUT2D eigenvalue weighted by Gasteiger charge is 2.31. The van der Waals surface area contributed by atoms with Gasteiger partial charge >= 0.3 is 5.97 Å². The van der Waals surface area contributed by atoms with Gasteiger partial charge in [-0.05, 0) is 80.7 Å². The number of carbonyl (C=O) groups is 2. The lowest BCUT2D eigenvalue weighted by Crippen LogP contribution is -2.42. The van der Waals surface area contributed by atoms with Crippen molar-refractivity contribution in [3.05, 3.63) is 65.2 Å². The van der Waals surface area contributed by atoms with E-state index in [1.54, 1.807) is 24.3 Å². The fourth-order valence-corrected chi connectivity index (χ4v) is 4.33. The Morgan fingerprint density at radius 3 is 2.23 bits per heavy atom. The monoisotopic (exact) mass is 408 g/mol. The minimum Gasteiger partial charge on any atom is -0.489 e. The molecular formula is C24H28N2O4. The zero-order valence-electron chi connectivity index (χ0n) is 17.1. The first kappa shape index (κ1) is 20.4. The number of amides is 1. The summed E-state index contributed by atoms with van der Waals surface area (Å²) in [5.74, 6) is -0.153. The lowest BCUT2D eigenvalue weighted by atomic mass is 10.1. The average Bonchev–Trinajstić information content (AvgIpc) is 3.45. The Morgan fingerprint density at radius 2 is 1.57 bits per heavy atom. The van der Waals surface area contributed by atoms with Gasteiger partial charge < -0.3 is 19.6 Å². The molecule has 1 amide bonds. The maximum absolute atomic E-state index is 13.0. The van der Waals surface area contributed by atoms with E-state index in [0.29, 0.717) is 24.0 Å². The van der Waals surface area contributed by atoms with Crippen molar-refractivity contribution in [1.29, 1.82) is 0 Å². The van der Waals surface area contributed by atoms with Gasteiger partial charge in [0.15, 0.2) is 0 Å². The van der Waals surface area contributed by atoms with E-state index >= 15 is 0 Å². The van der Waals surface area contributed by atoms with Crippen LogP contribution in [0.5, 0.6) is 5.75 Å². The first-order valence-electron chi connectivity index (χ1n) is 10.7. The molecule has 158 valence electrons. The zero-order chi connectivity index (χ0) is 20.9. The van der Waals surface area contributed by atoms with Crippen molar-refractivity contribution < 1.29 is 19.4 Å². The number of likely N-dealkylation sites (tertiary alicyclic amines) is 2. The van der Waals surface area contributed by atoms with Crippen LogP contribution in [0.2, 0.25) is 0 Å². The van der Waals surface area contributed by atoms with Crippen LogP contribution < -0.4 is 4.74 Å². The first-order chi connectivity index (χ1) is 14.6. The number of rotatable bonds is 7. The third-order valence-corrected chi connectivity index (χ3v) is 6.01. The van der Waals surface area contributed by atoms with Gasteiger partial charge in [0.25, 0.3) is 5.91 Å². The molecule has 0 aromatic heterocycles. The summed E-state index contributed by atoms with van der Waals surface area (Å²) in [5, 5.41) is 8.96. The summed E-state index contributed by atoms with van der Waals surface area (Å²) in [5.41, 5.74) is 1.84. The normalized spacial score (nSPS) is 19.2. The molecule has 2 saturated heterocycles. The molecule has 2 heterocycles. The predicted octanol–water partition coefficient (Wildman–Crippen LogP) is 3.66. The summed E-state index contributed by atoms with van der Waals surface area (Å²) in [7, 11) is 0. The Hall–Kier alpha value is -2.86. The van der Waals surface area contributed by atoms with Crippen molar-refractivity contribution >= 4 is 11.9 Å². The molecule has 0 radical (unpaired) electrons. The maximum atomic E-state index is 13.0. The number of aromatic carboxylic acids is 1. The molecule has 2 aromatic carbocycles. The molecule has 0 spiro atoms. The summed E-state index contributed by atoms with van der Waals surface area (Å²) >= 11 is 0. The highest BCUT2D eigenvalue weighted by molar-refractivity contribution is 5.94. The second-order valence-corrected chi connectivity index (χ2v) is 8.12. The molecule has 2 aromatic rings. The third kappa shape index (κ3) is 4.82. The van der Waals surface area contributed by atoms with E-state index in [0.717, 1.165) is 44.6 Å². The number of benzene rings is 2. The van der Waals surface area contributed by atoms with E-state index < -0.39 is 5.97 Å². The van der Waals surface area contributed by atoms with Crippen LogP contribution in [0.4, 0.5) is 0 Å². The number of ether oxygens (including phenoxy) is 1. The Kier molecular flexibility index (Phi) is 6.33. The molecule has 2 aliphatic rings. The standard InChI is InChI=1S/C24H28N2O4/c27-23(26-15-3-4-21(26)16-25-13-1-2-14-25)19-9-11-22(12-10-19)30-17-18-5-7-20(8-6-18)24(28)29/h5-12,21H,1-4,13-17H2,(H,28,29)/t21-/m0/s1. The molecule has 0 saturated carbocycles. The molecule has 1 atom stereocenters. The van der Waals surface area contributed by atoms with Crippen LogP contribution in [0.25, 0.3) is 0 Å². The van der Waals surface area contributed by atoms with Gasteiger partial charge in [-0.1, -0.05) is 12.1 Å². The van der Waals surface area contributed by atoms with Gasteiger partial charge in [-0.2, -0.15) is 0 Å². The second-order valence-electron chi connectivity index (χ2n) is 8.12. The smallest absolute Gasteiger partial charge is 0.335 e. The number of nitrogens with zero attached hydrogens (tertiary/aromatic N) is 2. The summed E-state index contributed by atoms with van der Waals surface area (Å²) in [4.78, 5) is 28.5. The Morgan fingerprint density at radius 1 is 0.900 bits per heavy atom. The van der Waals surface area contributed by atoms with Crippen molar-refractivity contribution in [1.82, 2.24) is 9.80 Å². The summed E-state index contributed by atoms with van der Waals surface area (Å²) in [6.07, 6.45) is 4.70. The number of carbonyl (C=O) groups excluding carboxylic acids is 1. The minimum absolute atomic E-state index is 0.104. The van der Waals surface area contributed by atoms with Gasteiger partial charge in [0, 0.05) is 24.7 Å². The molecule has 1 N–H and O–H groups in total. The summed E-state index contributed by atoms with van der Waals surface area (Å²) in [6.45, 7) is 4.49. The fourth-order valence-electron chi connectivity index (χ4n) is 4.33. The van der Waals surface area contributed by atoms with Gasteiger partial charge in [0.05, 0.1) is 5.56 Å². The predicted molar refractivity (Wildman–Crippen MR) is 114 cm³/mol. The number of carboxylic acid groups (broad SMARTS) is 1. The molecule has 2 aliphatic heterocycles. The van der Waals surface area contributed by atoms with Crippen LogP contribution >= 0.6 is 0 Å². The second kappa shape index (κ2) is 9.30. The molecule has 30 heavy (non-hydrogen) atoms. The topological polar surface area (TPSA) is 70.1 Å². The van der Waals surface area contributed by atoms with E-state index in [2.05, 4.69) is 4.90 Å². The minimum atomic E-state index is -0.941. The van der Waals surface area contributed by atoms with Gasteiger partial charge in [0.1, 0.15) is 12.4 Å². The fraction of sp³-hybridized carbons (Fsp3) is 0.417. The van der Waals surface area contributed by atoms with Crippen LogP contribution in [0.1, 0.15) is 52.0 Å². The summed E-state index contributed by atoms with van der Waals surface area (Å²) < 4.78 is 5.78. The number of hydrogen-bond acceptors (Lipinski definition) is 4. The lowest BCUT2D eigenvalue weighted by Gasteiger charge is -2.28. The van der Waals surface area contributed by atoms with Crippen LogP contribution in [0, 0.1) is 0 Å². The number of hydrogen-bond donors (Lipinski definition) is 1. The Labute approximate surface area is 177 Å². The van der Waals surface area contributed by atoms with Gasteiger partial charge in [-0.15, -0.1) is 0 Å². The molecule has 2 fully saturated rings. The van der Waals surface area contributed by atoms with Crippen LogP contribution in [0.15, 0.2) is 48.5 Å². The lowest BCUT2D eigenvalue weighted by molar-refractivity contribution is 0.0691. The molecule has 6 nitrogen and oxygen atoms in total. The van der Waals surface area contributed by atoms with Crippen molar-refractivity contribution in [3.8, 4) is 5.75 Å². The summed E-state index contributed by atoms with van der Waals surface area (Å²) in [6, 6.07) is 14.3. The van der Waals surface area contributed by atoms with Gasteiger partial charge in [-0.25, -0.2) is 4.79 Å². The van der Waals surface area contributed by atoms with E-state index in [1.807, 2.05) is 29.2 Å². The highest BCUT2D eigenvalue weighted by atomic mass is 16.5. The molecular weight excluding hydrogens is 380 g/mol. The Balaban J connectivity index is 1.33. The van der Waals surface area contributed by atoms with E-state index in [-0.39, 0.29) is 11.5 Å². The SMILES string of the molecule is O=C(O)c1ccc(COc2ccc(C(=O)N3CCC[C@H]3CN3CCCC3)cc2)cc1. The van der Waals surface area contributed by atoms with Crippen molar-refractivity contribution in [2.75, 3.05) is 26.2 Å². The molecule has 6 heteroatoms. The highest BCUT2D eigenvalue weighted by Crippen LogP contribution is 2.23. The van der Waals surface area contributed by atoms with E-state index in [1.165, 1.54) is 12.8 Å². The van der Waals surface area contributed by atoms with E-state index in [9.17, 15) is 9.59 Å². The zero-order valence-corrected chi connectivity index (χ0v) is 17.1. The molecule has 4 rings (SSSR count). The molecule has 0 unspecified atom stereocenters. The van der Waals surface area contributed by atoms with Gasteiger partial charge in [0.2, 0.25) is 0 Å². The number of carboxylic acids is 1. The van der Waals surface area contributed by atoms with Crippen LogP contribution in [-0.2, 0) is 6.61 Å². The molecule has 0 aliphatic carbocycles. The van der Waals surface area contributed by atoms with E-state index in [4.69, 9.17) is 9.84 Å². The quantitative estimate of drug-likeness (QED) is 0.757. The first-order valence-corrected chi connectivity index (χ1v) is 10.7. The maximum Gasteiger partial charge on any atom is 0.335 e. The van der Waals surface area contributed by atoms with Crippen molar-refractivity contribution in [3.63, 3.8) is 0 Å². The van der Waals surface area contributed by atoms with Gasteiger partial charge in [-0.3, -0.25) is 4.79 Å². The average molecular weight is 408 g/mol. The van der Waals surface area contributed by atoms with Crippen LogP contribution in [-0.4, -0.2) is 59.0 Å². The van der Waals surface area contributed by atoms with Crippen LogP contribution in [0.3, 0.4) is 0 Å². The van der Waals surface area contributed by atoms with Crippen molar-refractivity contribution in [2.24, 2.45) is 0 Å². The Bertz CT molecular complexity index is 873. The van der Waals surface area contributed by atoms with Crippen molar-refractivity contribution in [2.45, 2.75) is 38.3 Å².